The minimum atomic E-state index is 0.976. The van der Waals surface area contributed by atoms with Gasteiger partial charge in [-0.25, -0.2) is 0 Å². The SMILES string of the molecule is CCSCc1cc2cc(C)ccc2o1. The summed E-state index contributed by atoms with van der Waals surface area (Å²) in [4.78, 5) is 0. The fourth-order valence-electron chi connectivity index (χ4n) is 1.49. The molecule has 2 heteroatoms. The van der Waals surface area contributed by atoms with Gasteiger partial charge in [-0.05, 0) is 30.9 Å². The van der Waals surface area contributed by atoms with Crippen molar-refractivity contribution in [2.24, 2.45) is 0 Å². The molecule has 0 spiro atoms. The summed E-state index contributed by atoms with van der Waals surface area (Å²) in [6.45, 7) is 4.27. The number of thioether (sulfide) groups is 1. The number of hydrogen-bond donors (Lipinski definition) is 0. The smallest absolute Gasteiger partial charge is 0.134 e. The molecular formula is C12H14OS. The van der Waals surface area contributed by atoms with Crippen LogP contribution >= 0.6 is 11.8 Å². The molecule has 0 amide bonds. The first-order chi connectivity index (χ1) is 6.79. The van der Waals surface area contributed by atoms with E-state index in [1.807, 2.05) is 17.8 Å². The van der Waals surface area contributed by atoms with Gasteiger partial charge in [0.25, 0.3) is 0 Å². The van der Waals surface area contributed by atoms with Crippen molar-refractivity contribution in [2.75, 3.05) is 5.75 Å². The standard InChI is InChI=1S/C12H14OS/c1-3-14-8-11-7-10-6-9(2)4-5-12(10)13-11/h4-7H,3,8H2,1-2H3. The Kier molecular flexibility index (Phi) is 2.82. The molecular weight excluding hydrogens is 192 g/mol. The van der Waals surface area contributed by atoms with E-state index in [4.69, 9.17) is 4.42 Å². The maximum atomic E-state index is 5.70. The summed E-state index contributed by atoms with van der Waals surface area (Å²) in [6.07, 6.45) is 0. The second kappa shape index (κ2) is 4.09. The lowest BCUT2D eigenvalue weighted by Crippen LogP contribution is -1.73. The third-order valence-corrected chi connectivity index (χ3v) is 3.07. The third kappa shape index (κ3) is 1.95. The largest absolute Gasteiger partial charge is 0.460 e. The van der Waals surface area contributed by atoms with E-state index in [1.54, 1.807) is 0 Å². The fourth-order valence-corrected chi connectivity index (χ4v) is 2.04. The first-order valence-corrected chi connectivity index (χ1v) is 6.02. The van der Waals surface area contributed by atoms with Crippen molar-refractivity contribution < 1.29 is 4.42 Å². The highest BCUT2D eigenvalue weighted by Gasteiger charge is 2.02. The van der Waals surface area contributed by atoms with Crippen LogP contribution in [0, 0.1) is 6.92 Å². The minimum absolute atomic E-state index is 0.976. The molecule has 0 atom stereocenters. The molecule has 1 heterocycles. The highest BCUT2D eigenvalue weighted by molar-refractivity contribution is 7.98. The van der Waals surface area contributed by atoms with Crippen LogP contribution in [0.5, 0.6) is 0 Å². The third-order valence-electron chi connectivity index (χ3n) is 2.17. The molecule has 14 heavy (non-hydrogen) atoms. The van der Waals surface area contributed by atoms with E-state index in [-0.39, 0.29) is 0 Å². The average molecular weight is 206 g/mol. The lowest BCUT2D eigenvalue weighted by molar-refractivity contribution is 0.574. The van der Waals surface area contributed by atoms with E-state index in [9.17, 15) is 0 Å². The monoisotopic (exact) mass is 206 g/mol. The van der Waals surface area contributed by atoms with Crippen LogP contribution in [0.1, 0.15) is 18.2 Å². The number of rotatable bonds is 3. The highest BCUT2D eigenvalue weighted by atomic mass is 32.2. The minimum Gasteiger partial charge on any atom is -0.460 e. The molecule has 74 valence electrons. The van der Waals surface area contributed by atoms with Gasteiger partial charge in [-0.1, -0.05) is 18.6 Å². The Morgan fingerprint density at radius 2 is 2.14 bits per heavy atom. The van der Waals surface area contributed by atoms with Gasteiger partial charge in [-0.3, -0.25) is 0 Å². The van der Waals surface area contributed by atoms with Crippen molar-refractivity contribution in [1.82, 2.24) is 0 Å². The maximum Gasteiger partial charge on any atom is 0.134 e. The quantitative estimate of drug-likeness (QED) is 0.753. The molecule has 0 unspecified atom stereocenters. The molecule has 0 fully saturated rings. The molecule has 1 nitrogen and oxygen atoms in total. The highest BCUT2D eigenvalue weighted by Crippen LogP contribution is 2.23. The molecule has 0 saturated carbocycles. The Morgan fingerprint density at radius 3 is 2.93 bits per heavy atom. The van der Waals surface area contributed by atoms with E-state index in [0.717, 1.165) is 22.8 Å². The van der Waals surface area contributed by atoms with Crippen molar-refractivity contribution in [3.05, 3.63) is 35.6 Å². The van der Waals surface area contributed by atoms with E-state index in [0.29, 0.717) is 0 Å². The summed E-state index contributed by atoms with van der Waals surface area (Å²) < 4.78 is 5.70. The van der Waals surface area contributed by atoms with Gasteiger partial charge in [0.05, 0.1) is 5.75 Å². The number of furan rings is 1. The van der Waals surface area contributed by atoms with E-state index in [2.05, 4.69) is 32.0 Å². The zero-order valence-corrected chi connectivity index (χ0v) is 9.36. The molecule has 0 aliphatic heterocycles. The zero-order chi connectivity index (χ0) is 9.97. The Bertz CT molecular complexity index is 431. The zero-order valence-electron chi connectivity index (χ0n) is 8.54. The van der Waals surface area contributed by atoms with Crippen LogP contribution < -0.4 is 0 Å². The summed E-state index contributed by atoms with van der Waals surface area (Å²) in [5.74, 6) is 3.19. The maximum absolute atomic E-state index is 5.70. The Labute approximate surface area is 88.5 Å². The van der Waals surface area contributed by atoms with Crippen LogP contribution in [0.3, 0.4) is 0 Å². The summed E-state index contributed by atoms with van der Waals surface area (Å²) >= 11 is 1.89. The van der Waals surface area contributed by atoms with Crippen LogP contribution in [0.25, 0.3) is 11.0 Å². The Morgan fingerprint density at radius 1 is 1.29 bits per heavy atom. The Balaban J connectivity index is 2.32. The predicted octanol–water partition coefficient (Wildman–Crippen LogP) is 3.99. The van der Waals surface area contributed by atoms with Gasteiger partial charge in [0.15, 0.2) is 0 Å². The van der Waals surface area contributed by atoms with E-state index in [1.165, 1.54) is 10.9 Å². The summed E-state index contributed by atoms with van der Waals surface area (Å²) in [5.41, 5.74) is 2.29. The first-order valence-electron chi connectivity index (χ1n) is 4.86. The van der Waals surface area contributed by atoms with Gasteiger partial charge in [-0.2, -0.15) is 11.8 Å². The van der Waals surface area contributed by atoms with Crippen molar-refractivity contribution in [1.29, 1.82) is 0 Å². The summed E-state index contributed by atoms with van der Waals surface area (Å²) in [6, 6.07) is 8.44. The van der Waals surface area contributed by atoms with E-state index >= 15 is 0 Å². The van der Waals surface area contributed by atoms with Crippen molar-refractivity contribution in [2.45, 2.75) is 19.6 Å². The van der Waals surface area contributed by atoms with Crippen molar-refractivity contribution in [3.63, 3.8) is 0 Å². The van der Waals surface area contributed by atoms with Crippen LogP contribution in [0.4, 0.5) is 0 Å². The van der Waals surface area contributed by atoms with Gasteiger partial charge in [-0.15, -0.1) is 0 Å². The molecule has 1 aromatic carbocycles. The lowest BCUT2D eigenvalue weighted by Gasteiger charge is -1.91. The topological polar surface area (TPSA) is 13.1 Å². The molecule has 0 bridgehead atoms. The normalized spacial score (nSPS) is 11.0. The fraction of sp³-hybridized carbons (Fsp3) is 0.333. The van der Waals surface area contributed by atoms with Gasteiger partial charge in [0.1, 0.15) is 11.3 Å². The molecule has 0 N–H and O–H groups in total. The number of aryl methyl sites for hydroxylation is 1. The van der Waals surface area contributed by atoms with Crippen LogP contribution in [-0.2, 0) is 5.75 Å². The number of benzene rings is 1. The predicted molar refractivity (Wildman–Crippen MR) is 62.8 cm³/mol. The summed E-state index contributed by atoms with van der Waals surface area (Å²) in [5, 5.41) is 1.22. The lowest BCUT2D eigenvalue weighted by atomic mass is 10.2. The van der Waals surface area contributed by atoms with Crippen LogP contribution in [-0.4, -0.2) is 5.75 Å². The Hall–Kier alpha value is -0.890. The van der Waals surface area contributed by atoms with Crippen molar-refractivity contribution in [3.8, 4) is 0 Å². The van der Waals surface area contributed by atoms with Crippen LogP contribution in [0.15, 0.2) is 28.7 Å². The van der Waals surface area contributed by atoms with Gasteiger partial charge < -0.3 is 4.42 Å². The number of fused-ring (bicyclic) bond motifs is 1. The molecule has 0 aliphatic carbocycles. The molecule has 0 saturated heterocycles. The van der Waals surface area contributed by atoms with Crippen molar-refractivity contribution >= 4 is 22.7 Å². The van der Waals surface area contributed by atoms with Gasteiger partial charge in [0, 0.05) is 5.39 Å². The van der Waals surface area contributed by atoms with Gasteiger partial charge in [0.2, 0.25) is 0 Å². The number of hydrogen-bond acceptors (Lipinski definition) is 2. The first kappa shape index (κ1) is 9.66. The summed E-state index contributed by atoms with van der Waals surface area (Å²) in [7, 11) is 0. The molecule has 0 radical (unpaired) electrons. The molecule has 2 aromatic rings. The molecule has 1 aromatic heterocycles. The average Bonchev–Trinajstić information content (AvgIpc) is 2.56. The second-order valence-electron chi connectivity index (χ2n) is 3.39. The second-order valence-corrected chi connectivity index (χ2v) is 4.67. The van der Waals surface area contributed by atoms with Gasteiger partial charge >= 0.3 is 0 Å². The van der Waals surface area contributed by atoms with Crippen LogP contribution in [0.2, 0.25) is 0 Å². The molecule has 0 aliphatic rings. The van der Waals surface area contributed by atoms with E-state index < -0.39 is 0 Å². The molecule has 2 rings (SSSR count).